The fraction of sp³-hybridized carbons (Fsp3) is 0.250. The Morgan fingerprint density at radius 2 is 2.04 bits per heavy atom. The van der Waals surface area contributed by atoms with Crippen LogP contribution in [-0.4, -0.2) is 30.9 Å². The van der Waals surface area contributed by atoms with Crippen molar-refractivity contribution in [3.8, 4) is 5.75 Å². The van der Waals surface area contributed by atoms with E-state index in [-0.39, 0.29) is 30.9 Å². The number of anilines is 3. The van der Waals surface area contributed by atoms with Crippen molar-refractivity contribution in [3.63, 3.8) is 0 Å². The molecule has 0 atom stereocenters. The molecule has 2 heterocycles. The van der Waals surface area contributed by atoms with Crippen LogP contribution in [0.2, 0.25) is 0 Å². The summed E-state index contributed by atoms with van der Waals surface area (Å²) in [5, 5.41) is 5.64. The van der Waals surface area contributed by atoms with Gasteiger partial charge in [0.1, 0.15) is 12.3 Å². The molecular formula is C20H19N3O4. The predicted octanol–water partition coefficient (Wildman–Crippen LogP) is 2.24. The van der Waals surface area contributed by atoms with Gasteiger partial charge < -0.3 is 15.4 Å². The van der Waals surface area contributed by atoms with Crippen molar-refractivity contribution in [1.82, 2.24) is 0 Å². The van der Waals surface area contributed by atoms with E-state index in [0.717, 1.165) is 16.8 Å². The summed E-state index contributed by atoms with van der Waals surface area (Å²) in [6.45, 7) is 1.75. The molecule has 2 aromatic carbocycles. The molecule has 0 saturated carbocycles. The number of hydrogen-bond acceptors (Lipinski definition) is 4. The monoisotopic (exact) mass is 365 g/mol. The normalized spacial score (nSPS) is 15.4. The molecule has 2 N–H and O–H groups in total. The highest BCUT2D eigenvalue weighted by Gasteiger charge is 2.27. The molecule has 4 rings (SSSR count). The van der Waals surface area contributed by atoms with Crippen LogP contribution in [0.5, 0.6) is 5.75 Å². The summed E-state index contributed by atoms with van der Waals surface area (Å²) in [6, 6.07) is 10.9. The van der Waals surface area contributed by atoms with Crippen molar-refractivity contribution in [3.05, 3.63) is 47.5 Å². The Balaban J connectivity index is 1.49. The van der Waals surface area contributed by atoms with E-state index in [9.17, 15) is 14.4 Å². The van der Waals surface area contributed by atoms with Crippen molar-refractivity contribution < 1.29 is 19.1 Å². The molecule has 3 amide bonds. The van der Waals surface area contributed by atoms with Crippen molar-refractivity contribution in [2.45, 2.75) is 19.8 Å². The lowest BCUT2D eigenvalue weighted by molar-refractivity contribution is -0.123. The van der Waals surface area contributed by atoms with Crippen LogP contribution in [0.4, 0.5) is 17.1 Å². The molecule has 0 unspecified atom stereocenters. The first-order chi connectivity index (χ1) is 13.0. The van der Waals surface area contributed by atoms with E-state index in [4.69, 9.17) is 4.74 Å². The maximum absolute atomic E-state index is 12.5. The number of aryl methyl sites for hydroxylation is 2. The maximum Gasteiger partial charge on any atom is 0.265 e. The summed E-state index contributed by atoms with van der Waals surface area (Å²) in [5.41, 5.74) is 3.98. The number of benzene rings is 2. The van der Waals surface area contributed by atoms with E-state index < -0.39 is 0 Å². The lowest BCUT2D eigenvalue weighted by Gasteiger charge is -2.29. The minimum Gasteiger partial charge on any atom is -0.482 e. The molecule has 0 bridgehead atoms. The van der Waals surface area contributed by atoms with Crippen LogP contribution in [0.3, 0.4) is 0 Å². The van der Waals surface area contributed by atoms with E-state index in [2.05, 4.69) is 10.6 Å². The van der Waals surface area contributed by atoms with Crippen LogP contribution < -0.4 is 20.3 Å². The number of amides is 3. The molecule has 0 fully saturated rings. The van der Waals surface area contributed by atoms with Crippen LogP contribution in [0.15, 0.2) is 36.4 Å². The highest BCUT2D eigenvalue weighted by molar-refractivity contribution is 6.05. The number of nitrogens with one attached hydrogen (secondary N) is 2. The van der Waals surface area contributed by atoms with E-state index in [1.807, 2.05) is 25.1 Å². The molecule has 0 saturated heterocycles. The van der Waals surface area contributed by atoms with Crippen LogP contribution >= 0.6 is 0 Å². The Labute approximate surface area is 156 Å². The van der Waals surface area contributed by atoms with Gasteiger partial charge in [0.15, 0.2) is 6.61 Å². The lowest BCUT2D eigenvalue weighted by Crippen LogP contribution is -2.43. The lowest BCUT2D eigenvalue weighted by atomic mass is 10.0. The van der Waals surface area contributed by atoms with Crippen LogP contribution in [0, 0.1) is 6.92 Å². The number of hydrogen-bond donors (Lipinski definition) is 2. The van der Waals surface area contributed by atoms with Crippen LogP contribution in [-0.2, 0) is 20.8 Å². The van der Waals surface area contributed by atoms with Gasteiger partial charge in [-0.3, -0.25) is 19.3 Å². The largest absolute Gasteiger partial charge is 0.482 e. The van der Waals surface area contributed by atoms with Gasteiger partial charge in [-0.05, 0) is 54.8 Å². The zero-order valence-corrected chi connectivity index (χ0v) is 14.9. The second-order valence-corrected chi connectivity index (χ2v) is 6.71. The first-order valence-corrected chi connectivity index (χ1v) is 8.76. The summed E-state index contributed by atoms with van der Waals surface area (Å²) < 4.78 is 5.43. The van der Waals surface area contributed by atoms with E-state index in [0.29, 0.717) is 30.0 Å². The number of ether oxygens (including phenoxy) is 1. The van der Waals surface area contributed by atoms with Crippen LogP contribution in [0.1, 0.15) is 17.5 Å². The molecule has 2 aliphatic heterocycles. The minimum atomic E-state index is -0.294. The highest BCUT2D eigenvalue weighted by Crippen LogP contribution is 2.33. The molecule has 138 valence electrons. The molecule has 7 heteroatoms. The summed E-state index contributed by atoms with van der Waals surface area (Å²) in [6.07, 6.45) is 1.07. The Morgan fingerprint density at radius 1 is 1.19 bits per heavy atom. The number of carbonyl (C=O) groups excluding carboxylic acids is 3. The third kappa shape index (κ3) is 3.48. The molecule has 0 spiro atoms. The summed E-state index contributed by atoms with van der Waals surface area (Å²) in [5.74, 6) is 0.0468. The first kappa shape index (κ1) is 17.1. The van der Waals surface area contributed by atoms with E-state index >= 15 is 0 Å². The predicted molar refractivity (Wildman–Crippen MR) is 101 cm³/mol. The molecule has 0 aliphatic carbocycles. The first-order valence-electron chi connectivity index (χ1n) is 8.76. The quantitative estimate of drug-likeness (QED) is 0.873. The fourth-order valence-corrected chi connectivity index (χ4v) is 3.29. The van der Waals surface area contributed by atoms with E-state index in [1.54, 1.807) is 18.2 Å². The maximum atomic E-state index is 12.5. The Bertz CT molecular complexity index is 954. The van der Waals surface area contributed by atoms with Gasteiger partial charge in [-0.25, -0.2) is 0 Å². The standard InChI is InChI=1S/C20H19N3O4/c1-12-2-6-17-16(8-12)23(20(26)11-27-17)10-19(25)21-14-4-5-15-13(9-14)3-7-18(24)22-15/h2,4-6,8-9H,3,7,10-11H2,1H3,(H,21,25)(H,22,24). The molecule has 7 nitrogen and oxygen atoms in total. The SMILES string of the molecule is Cc1ccc2c(c1)N(CC(=O)Nc1ccc3c(c1)CCC(=O)N3)C(=O)CO2. The Morgan fingerprint density at radius 3 is 2.89 bits per heavy atom. The number of fused-ring (bicyclic) bond motifs is 2. The molecular weight excluding hydrogens is 346 g/mol. The number of rotatable bonds is 3. The van der Waals surface area contributed by atoms with Gasteiger partial charge in [0.25, 0.3) is 5.91 Å². The fourth-order valence-electron chi connectivity index (χ4n) is 3.29. The average molecular weight is 365 g/mol. The van der Waals surface area contributed by atoms with Crippen molar-refractivity contribution in [1.29, 1.82) is 0 Å². The van der Waals surface area contributed by atoms with Gasteiger partial charge in [0.2, 0.25) is 11.8 Å². The second kappa shape index (κ2) is 6.75. The Kier molecular flexibility index (Phi) is 4.27. The molecule has 2 aromatic rings. The van der Waals surface area contributed by atoms with E-state index in [1.165, 1.54) is 4.90 Å². The van der Waals surface area contributed by atoms with Gasteiger partial charge in [0, 0.05) is 17.8 Å². The van der Waals surface area contributed by atoms with Crippen LogP contribution in [0.25, 0.3) is 0 Å². The topological polar surface area (TPSA) is 87.7 Å². The number of nitrogens with zero attached hydrogens (tertiary/aromatic N) is 1. The summed E-state index contributed by atoms with van der Waals surface area (Å²) in [4.78, 5) is 37.7. The molecule has 0 aromatic heterocycles. The summed E-state index contributed by atoms with van der Waals surface area (Å²) >= 11 is 0. The van der Waals surface area contributed by atoms with Gasteiger partial charge in [-0.2, -0.15) is 0 Å². The van der Waals surface area contributed by atoms with Gasteiger partial charge >= 0.3 is 0 Å². The Hall–Kier alpha value is -3.35. The average Bonchev–Trinajstić information content (AvgIpc) is 2.64. The van der Waals surface area contributed by atoms with Gasteiger partial charge in [-0.1, -0.05) is 6.07 Å². The zero-order chi connectivity index (χ0) is 19.0. The molecule has 2 aliphatic rings. The van der Waals surface area contributed by atoms with Gasteiger partial charge in [0.05, 0.1) is 5.69 Å². The van der Waals surface area contributed by atoms with Gasteiger partial charge in [-0.15, -0.1) is 0 Å². The highest BCUT2D eigenvalue weighted by atomic mass is 16.5. The minimum absolute atomic E-state index is 0.000857. The smallest absolute Gasteiger partial charge is 0.265 e. The number of carbonyl (C=O) groups is 3. The van der Waals surface area contributed by atoms with Crippen molar-refractivity contribution >= 4 is 34.8 Å². The summed E-state index contributed by atoms with van der Waals surface area (Å²) in [7, 11) is 0. The third-order valence-electron chi connectivity index (χ3n) is 4.64. The second-order valence-electron chi connectivity index (χ2n) is 6.71. The molecule has 0 radical (unpaired) electrons. The third-order valence-corrected chi connectivity index (χ3v) is 4.64. The molecule has 27 heavy (non-hydrogen) atoms. The van der Waals surface area contributed by atoms with Crippen molar-refractivity contribution in [2.24, 2.45) is 0 Å². The zero-order valence-electron chi connectivity index (χ0n) is 14.9. The van der Waals surface area contributed by atoms with Crippen molar-refractivity contribution in [2.75, 3.05) is 28.7 Å².